The highest BCUT2D eigenvalue weighted by atomic mass is 16.6. The van der Waals surface area contributed by atoms with Gasteiger partial charge in [-0.2, -0.15) is 0 Å². The first kappa shape index (κ1) is 21.5. The van der Waals surface area contributed by atoms with Crippen LogP contribution in [0.3, 0.4) is 0 Å². The quantitative estimate of drug-likeness (QED) is 0.362. The molecule has 0 amide bonds. The van der Waals surface area contributed by atoms with Crippen LogP contribution in [0.15, 0.2) is 48.8 Å². The van der Waals surface area contributed by atoms with Crippen molar-refractivity contribution in [1.29, 1.82) is 0 Å². The Morgan fingerprint density at radius 2 is 1.87 bits per heavy atom. The number of hydrogen-bond donors (Lipinski definition) is 5. The van der Waals surface area contributed by atoms with Crippen molar-refractivity contribution in [2.75, 3.05) is 6.61 Å². The highest BCUT2D eigenvalue weighted by Crippen LogP contribution is 2.32. The summed E-state index contributed by atoms with van der Waals surface area (Å²) in [6.45, 7) is 1.22. The molecule has 1 aliphatic rings. The molecule has 0 spiro atoms. The van der Waals surface area contributed by atoms with Crippen molar-refractivity contribution >= 4 is 0 Å². The van der Waals surface area contributed by atoms with Gasteiger partial charge >= 0.3 is 0 Å². The highest BCUT2D eigenvalue weighted by Gasteiger charge is 2.46. The van der Waals surface area contributed by atoms with E-state index in [2.05, 4.69) is 15.3 Å². The van der Waals surface area contributed by atoms with E-state index in [4.69, 9.17) is 4.74 Å². The van der Waals surface area contributed by atoms with Crippen LogP contribution in [-0.4, -0.2) is 82.6 Å². The lowest BCUT2D eigenvalue weighted by Crippen LogP contribution is -2.59. The smallest absolute Gasteiger partial charge is 0.131 e. The Bertz CT molecular complexity index is 1030. The molecule has 3 heterocycles. The van der Waals surface area contributed by atoms with Crippen LogP contribution in [-0.2, 0) is 4.74 Å². The zero-order valence-electron chi connectivity index (χ0n) is 16.7. The molecule has 1 aromatic carbocycles. The molecule has 3 aromatic rings. The van der Waals surface area contributed by atoms with Gasteiger partial charge in [0.1, 0.15) is 42.3 Å². The zero-order valence-corrected chi connectivity index (χ0v) is 16.7. The normalized spacial score (nSPS) is 27.2. The minimum absolute atomic E-state index is 0.471. The second-order valence-electron chi connectivity index (χ2n) is 7.54. The van der Waals surface area contributed by atoms with Crippen LogP contribution < -0.4 is 0 Å². The number of aromatic nitrogens is 4. The van der Waals surface area contributed by atoms with Crippen LogP contribution >= 0.6 is 0 Å². The van der Waals surface area contributed by atoms with E-state index in [1.165, 1.54) is 0 Å². The van der Waals surface area contributed by atoms with Crippen molar-refractivity contribution in [2.24, 2.45) is 0 Å². The molecule has 0 bridgehead atoms. The van der Waals surface area contributed by atoms with Gasteiger partial charge in [0.05, 0.1) is 24.2 Å². The van der Waals surface area contributed by atoms with Gasteiger partial charge in [-0.15, -0.1) is 5.10 Å². The van der Waals surface area contributed by atoms with Crippen LogP contribution in [0.4, 0.5) is 0 Å². The van der Waals surface area contributed by atoms with Gasteiger partial charge in [0.15, 0.2) is 0 Å². The summed E-state index contributed by atoms with van der Waals surface area (Å²) in [6.07, 6.45) is -4.74. The zero-order chi connectivity index (χ0) is 22.1. The minimum Gasteiger partial charge on any atom is -0.394 e. The molecule has 0 aliphatic carbocycles. The fourth-order valence-corrected chi connectivity index (χ4v) is 3.72. The summed E-state index contributed by atoms with van der Waals surface area (Å²) in [6, 6.07) is 10.7. The molecule has 1 fully saturated rings. The molecule has 10 heteroatoms. The second-order valence-corrected chi connectivity index (χ2v) is 7.54. The lowest BCUT2D eigenvalue weighted by molar-refractivity contribution is -0.250. The number of ether oxygens (including phenoxy) is 1. The number of pyridine rings is 1. The summed E-state index contributed by atoms with van der Waals surface area (Å²) < 4.78 is 7.06. The van der Waals surface area contributed by atoms with Crippen LogP contribution in [0.2, 0.25) is 0 Å². The second kappa shape index (κ2) is 8.79. The molecule has 0 saturated carbocycles. The lowest BCUT2D eigenvalue weighted by atomic mass is 9.88. The molecule has 31 heavy (non-hydrogen) atoms. The summed E-state index contributed by atoms with van der Waals surface area (Å²) in [4.78, 5) is 4.25. The van der Waals surface area contributed by atoms with Crippen molar-refractivity contribution in [2.45, 2.75) is 43.5 Å². The number of nitrogens with zero attached hydrogens (tertiary/aromatic N) is 4. The molecule has 3 unspecified atom stereocenters. The Labute approximate surface area is 178 Å². The fourth-order valence-electron chi connectivity index (χ4n) is 3.72. The largest absolute Gasteiger partial charge is 0.394 e. The van der Waals surface area contributed by atoms with Crippen LogP contribution in [0.25, 0.3) is 17.1 Å². The minimum atomic E-state index is -1.55. The van der Waals surface area contributed by atoms with E-state index in [1.54, 1.807) is 42.2 Å². The van der Waals surface area contributed by atoms with Crippen LogP contribution in [0.1, 0.15) is 17.2 Å². The molecule has 1 saturated heterocycles. The van der Waals surface area contributed by atoms with Crippen molar-refractivity contribution in [3.63, 3.8) is 0 Å². The number of aliphatic hydroxyl groups excluding tert-OH is 5. The molecule has 2 aromatic heterocycles. The van der Waals surface area contributed by atoms with Gasteiger partial charge in [0, 0.05) is 6.20 Å². The van der Waals surface area contributed by atoms with Gasteiger partial charge in [-0.3, -0.25) is 4.98 Å². The number of benzene rings is 1. The van der Waals surface area contributed by atoms with Crippen molar-refractivity contribution in [3.05, 3.63) is 59.9 Å². The number of aryl methyl sites for hydroxylation is 1. The molecule has 164 valence electrons. The van der Waals surface area contributed by atoms with E-state index in [-0.39, 0.29) is 0 Å². The monoisotopic (exact) mass is 428 g/mol. The fraction of sp³-hybridized carbons (Fsp3) is 0.381. The number of hydrogen-bond acceptors (Lipinski definition) is 9. The van der Waals surface area contributed by atoms with Gasteiger partial charge < -0.3 is 30.3 Å². The maximum absolute atomic E-state index is 10.8. The highest BCUT2D eigenvalue weighted by molar-refractivity contribution is 5.53. The third kappa shape index (κ3) is 4.09. The molecule has 0 radical (unpaired) electrons. The van der Waals surface area contributed by atoms with Gasteiger partial charge in [0.25, 0.3) is 0 Å². The summed E-state index contributed by atoms with van der Waals surface area (Å²) >= 11 is 0. The topological polar surface area (TPSA) is 154 Å². The van der Waals surface area contributed by atoms with E-state index in [1.807, 2.05) is 18.2 Å². The van der Waals surface area contributed by atoms with Crippen molar-refractivity contribution in [1.82, 2.24) is 20.0 Å². The van der Waals surface area contributed by atoms with Crippen molar-refractivity contribution in [3.8, 4) is 17.1 Å². The average molecular weight is 428 g/mol. The SMILES string of the molecule is Cc1cc(-n2cc(-c3ccccn3)nn2)ccc1[C@@H](O)[C@H]1OC(CO)[C@@H](O)C(O)C1O. The lowest BCUT2D eigenvalue weighted by Gasteiger charge is -2.42. The van der Waals surface area contributed by atoms with Crippen molar-refractivity contribution < 1.29 is 30.3 Å². The Kier molecular flexibility index (Phi) is 6.10. The van der Waals surface area contributed by atoms with E-state index in [0.29, 0.717) is 28.2 Å². The van der Waals surface area contributed by atoms with E-state index >= 15 is 0 Å². The van der Waals surface area contributed by atoms with E-state index in [0.717, 1.165) is 0 Å². The first-order valence-electron chi connectivity index (χ1n) is 9.84. The summed E-state index contributed by atoms with van der Waals surface area (Å²) in [5, 5.41) is 58.7. The third-order valence-corrected chi connectivity index (χ3v) is 5.50. The molecule has 5 N–H and O–H groups in total. The first-order valence-corrected chi connectivity index (χ1v) is 9.84. The van der Waals surface area contributed by atoms with Crippen LogP contribution in [0.5, 0.6) is 0 Å². The Balaban J connectivity index is 1.57. The third-order valence-electron chi connectivity index (χ3n) is 5.50. The van der Waals surface area contributed by atoms with Gasteiger partial charge in [0.2, 0.25) is 0 Å². The molecule has 6 atom stereocenters. The molecular weight excluding hydrogens is 404 g/mol. The Morgan fingerprint density at radius 1 is 1.06 bits per heavy atom. The summed E-state index contributed by atoms with van der Waals surface area (Å²) in [5.74, 6) is 0. The summed E-state index contributed by atoms with van der Waals surface area (Å²) in [5.41, 5.74) is 3.18. The predicted octanol–water partition coefficient (Wildman–Crippen LogP) is -0.486. The number of rotatable bonds is 5. The van der Waals surface area contributed by atoms with Gasteiger partial charge in [-0.25, -0.2) is 4.68 Å². The Morgan fingerprint density at radius 3 is 2.55 bits per heavy atom. The van der Waals surface area contributed by atoms with Gasteiger partial charge in [-0.05, 0) is 42.3 Å². The molecular formula is C21H24N4O6. The van der Waals surface area contributed by atoms with E-state index in [9.17, 15) is 25.5 Å². The maximum atomic E-state index is 10.8. The van der Waals surface area contributed by atoms with Crippen LogP contribution in [0, 0.1) is 6.92 Å². The number of aliphatic hydroxyl groups is 5. The first-order chi connectivity index (χ1) is 14.9. The van der Waals surface area contributed by atoms with E-state index < -0.39 is 43.2 Å². The average Bonchev–Trinajstić information content (AvgIpc) is 3.28. The molecule has 10 nitrogen and oxygen atoms in total. The van der Waals surface area contributed by atoms with Gasteiger partial charge in [-0.1, -0.05) is 17.3 Å². The molecule has 4 rings (SSSR count). The molecule has 1 aliphatic heterocycles. The standard InChI is InChI=1S/C21H24N4O6/c1-11-8-12(25-9-15(23-24-25)14-4-2-3-7-22-14)5-6-13(11)17(27)21-20(30)19(29)18(28)16(10-26)31-21/h2-9,16-21,26-30H,10H2,1H3/t16?,17-,18-,19?,20?,21-/m1/s1. The summed E-state index contributed by atoms with van der Waals surface area (Å²) in [7, 11) is 0. The predicted molar refractivity (Wildman–Crippen MR) is 108 cm³/mol. The Hall–Kier alpha value is -2.73. The maximum Gasteiger partial charge on any atom is 0.131 e.